The first-order valence-electron chi connectivity index (χ1n) is 10.1. The number of hydrogen-bond donors (Lipinski definition) is 0. The van der Waals surface area contributed by atoms with Gasteiger partial charge in [0.05, 0.1) is 11.4 Å². The van der Waals surface area contributed by atoms with E-state index in [2.05, 4.69) is 9.97 Å². The molecule has 4 aliphatic carbocycles. The number of cyclic esters (lactones) is 1. The van der Waals surface area contributed by atoms with Crippen molar-refractivity contribution in [1.29, 1.82) is 0 Å². The van der Waals surface area contributed by atoms with Crippen molar-refractivity contribution in [2.45, 2.75) is 38.5 Å². The van der Waals surface area contributed by atoms with Crippen LogP contribution in [0, 0.1) is 23.2 Å². The summed E-state index contributed by atoms with van der Waals surface area (Å²) in [6.07, 6.45) is 11.0. The van der Waals surface area contributed by atoms with Crippen LogP contribution < -0.4 is 0 Å². The molecule has 5 aliphatic rings. The first kappa shape index (κ1) is 16.6. The van der Waals surface area contributed by atoms with Crippen LogP contribution in [0.5, 0.6) is 0 Å². The molecule has 0 aromatic carbocycles. The Morgan fingerprint density at radius 2 is 1.86 bits per heavy atom. The molecule has 2 aromatic rings. The number of thiazole rings is 1. The number of carbonyl (C=O) groups is 1. The minimum absolute atomic E-state index is 0.00118. The summed E-state index contributed by atoms with van der Waals surface area (Å²) >= 11 is 1.52. The van der Waals surface area contributed by atoms with E-state index in [0.29, 0.717) is 11.6 Å². The number of aromatic nitrogens is 2. The third-order valence-electron chi connectivity index (χ3n) is 6.80. The maximum Gasteiger partial charge on any atom is 0.363 e. The topological polar surface area (TPSA) is 64.4 Å². The van der Waals surface area contributed by atoms with Gasteiger partial charge in [-0.05, 0) is 74.5 Å². The van der Waals surface area contributed by atoms with Crippen LogP contribution in [0.25, 0.3) is 16.8 Å². The Kier molecular flexibility index (Phi) is 3.60. The molecule has 142 valence electrons. The lowest BCUT2D eigenvalue weighted by atomic mass is 9.49. The molecule has 0 atom stereocenters. The van der Waals surface area contributed by atoms with Crippen LogP contribution >= 0.6 is 11.3 Å². The Hall–Kier alpha value is -2.34. The van der Waals surface area contributed by atoms with Gasteiger partial charge in [-0.1, -0.05) is 6.07 Å². The van der Waals surface area contributed by atoms with Gasteiger partial charge in [-0.25, -0.2) is 14.8 Å². The molecule has 2 aromatic heterocycles. The molecule has 0 unspecified atom stereocenters. The van der Waals surface area contributed by atoms with Crippen molar-refractivity contribution in [3.63, 3.8) is 0 Å². The number of carbonyl (C=O) groups excluding carboxylic acids is 1. The van der Waals surface area contributed by atoms with Crippen molar-refractivity contribution in [3.8, 4) is 10.7 Å². The molecule has 6 heteroatoms. The minimum atomic E-state index is -0.335. The number of rotatable bonds is 3. The zero-order valence-corrected chi connectivity index (χ0v) is 16.3. The van der Waals surface area contributed by atoms with Gasteiger partial charge in [0.1, 0.15) is 5.01 Å². The predicted molar refractivity (Wildman–Crippen MR) is 107 cm³/mol. The first-order chi connectivity index (χ1) is 13.7. The van der Waals surface area contributed by atoms with Gasteiger partial charge in [-0.2, -0.15) is 0 Å². The molecule has 28 heavy (non-hydrogen) atoms. The normalized spacial score (nSPS) is 34.7. The molecule has 0 spiro atoms. The number of nitrogens with zero attached hydrogens (tertiary/aromatic N) is 3. The highest BCUT2D eigenvalue weighted by Crippen LogP contribution is 2.61. The molecule has 3 heterocycles. The van der Waals surface area contributed by atoms with Gasteiger partial charge in [0.2, 0.25) is 5.90 Å². The van der Waals surface area contributed by atoms with Crippen molar-refractivity contribution in [1.82, 2.24) is 9.97 Å². The molecule has 1 aliphatic heterocycles. The third kappa shape index (κ3) is 2.65. The van der Waals surface area contributed by atoms with Crippen LogP contribution in [0.3, 0.4) is 0 Å². The van der Waals surface area contributed by atoms with Crippen LogP contribution in [-0.2, 0) is 9.53 Å². The summed E-state index contributed by atoms with van der Waals surface area (Å²) in [5.41, 5.74) is 1.95. The summed E-state index contributed by atoms with van der Waals surface area (Å²) in [5, 5.41) is 2.77. The number of aliphatic imine (C=N–C) groups is 1. The van der Waals surface area contributed by atoms with Gasteiger partial charge in [0.25, 0.3) is 0 Å². The van der Waals surface area contributed by atoms with E-state index >= 15 is 0 Å². The SMILES string of the molecule is O=C1OC(C23CC4CC(CC(C4)C2)C3)=NC1=Cc1csc(-c2ccccn2)n1. The second-order valence-corrected chi connectivity index (χ2v) is 9.68. The molecule has 7 rings (SSSR count). The van der Waals surface area contributed by atoms with Gasteiger partial charge >= 0.3 is 5.97 Å². The fraction of sp³-hybridized carbons (Fsp3) is 0.455. The molecular formula is C22H21N3O2S. The lowest BCUT2D eigenvalue weighted by Gasteiger charge is -2.55. The zero-order valence-electron chi connectivity index (χ0n) is 15.5. The summed E-state index contributed by atoms with van der Waals surface area (Å²) in [6.45, 7) is 0. The van der Waals surface area contributed by atoms with E-state index in [0.717, 1.165) is 53.4 Å². The molecule has 4 fully saturated rings. The maximum atomic E-state index is 12.5. The molecule has 0 saturated heterocycles. The quantitative estimate of drug-likeness (QED) is 0.561. The molecule has 5 nitrogen and oxygen atoms in total. The van der Waals surface area contributed by atoms with Gasteiger partial charge in [-0.3, -0.25) is 4.98 Å². The smallest absolute Gasteiger partial charge is 0.363 e. The van der Waals surface area contributed by atoms with Gasteiger partial charge in [0, 0.05) is 17.0 Å². The van der Waals surface area contributed by atoms with E-state index in [1.54, 1.807) is 12.3 Å². The van der Waals surface area contributed by atoms with Gasteiger partial charge in [-0.15, -0.1) is 11.3 Å². The number of esters is 1. The highest BCUT2D eigenvalue weighted by atomic mass is 32.1. The van der Waals surface area contributed by atoms with E-state index in [-0.39, 0.29) is 11.4 Å². The van der Waals surface area contributed by atoms with Crippen molar-refractivity contribution >= 4 is 29.3 Å². The van der Waals surface area contributed by atoms with Crippen LogP contribution in [0.1, 0.15) is 44.2 Å². The standard InChI is InChI=1S/C22H21N3O2S/c26-20-18(8-16-12-28-19(24-16)17-3-1-2-4-23-17)25-21(27-20)22-9-13-5-14(10-22)7-15(6-13)11-22/h1-4,8,12-15H,5-7,9-11H2. The molecule has 4 saturated carbocycles. The van der Waals surface area contributed by atoms with Gasteiger partial charge in [0.15, 0.2) is 5.70 Å². The largest absolute Gasteiger partial charge is 0.406 e. The fourth-order valence-corrected chi connectivity index (χ4v) is 6.86. The first-order valence-corrected chi connectivity index (χ1v) is 10.9. The van der Waals surface area contributed by atoms with Crippen molar-refractivity contribution in [2.75, 3.05) is 0 Å². The van der Waals surface area contributed by atoms with Gasteiger partial charge < -0.3 is 4.74 Å². The summed E-state index contributed by atoms with van der Waals surface area (Å²) < 4.78 is 5.73. The average Bonchev–Trinajstić information content (AvgIpc) is 3.29. The van der Waals surface area contributed by atoms with Crippen LogP contribution in [0.4, 0.5) is 0 Å². The van der Waals surface area contributed by atoms with E-state index in [1.807, 2.05) is 23.6 Å². The number of pyridine rings is 1. The fourth-order valence-electron chi connectivity index (χ4n) is 6.11. The number of ether oxygens (including phenoxy) is 1. The summed E-state index contributed by atoms with van der Waals surface area (Å²) in [4.78, 5) is 26.1. The Morgan fingerprint density at radius 1 is 1.11 bits per heavy atom. The van der Waals surface area contributed by atoms with Crippen LogP contribution in [-0.4, -0.2) is 21.8 Å². The second-order valence-electron chi connectivity index (χ2n) is 8.83. The Morgan fingerprint density at radius 3 is 2.54 bits per heavy atom. The van der Waals surface area contributed by atoms with Crippen LogP contribution in [0.2, 0.25) is 0 Å². The zero-order chi connectivity index (χ0) is 18.7. The molecular weight excluding hydrogens is 370 g/mol. The van der Waals surface area contributed by atoms with E-state index in [9.17, 15) is 4.79 Å². The summed E-state index contributed by atoms with van der Waals surface area (Å²) in [5.74, 6) is 2.72. The van der Waals surface area contributed by atoms with Crippen molar-refractivity contribution in [2.24, 2.45) is 28.2 Å². The minimum Gasteiger partial charge on any atom is -0.406 e. The van der Waals surface area contributed by atoms with E-state index < -0.39 is 0 Å². The Bertz CT molecular complexity index is 973. The monoisotopic (exact) mass is 391 g/mol. The van der Waals surface area contributed by atoms with E-state index in [4.69, 9.17) is 9.73 Å². The highest BCUT2D eigenvalue weighted by Gasteiger charge is 2.55. The summed E-state index contributed by atoms with van der Waals surface area (Å²) in [7, 11) is 0. The predicted octanol–water partition coefficient (Wildman–Crippen LogP) is 4.72. The lowest BCUT2D eigenvalue weighted by Crippen LogP contribution is -2.50. The molecule has 0 amide bonds. The maximum absolute atomic E-state index is 12.5. The molecule has 0 N–H and O–H groups in total. The highest BCUT2D eigenvalue weighted by molar-refractivity contribution is 7.13. The lowest BCUT2D eigenvalue weighted by molar-refractivity contribution is -0.131. The summed E-state index contributed by atoms with van der Waals surface area (Å²) in [6, 6.07) is 5.76. The Balaban J connectivity index is 1.30. The average molecular weight is 391 g/mol. The van der Waals surface area contributed by atoms with Crippen molar-refractivity contribution in [3.05, 3.63) is 41.2 Å². The van der Waals surface area contributed by atoms with Crippen molar-refractivity contribution < 1.29 is 9.53 Å². The number of hydrogen-bond acceptors (Lipinski definition) is 6. The van der Waals surface area contributed by atoms with Crippen LogP contribution in [0.15, 0.2) is 40.5 Å². The second kappa shape index (κ2) is 6.08. The molecule has 4 bridgehead atoms. The molecule has 0 radical (unpaired) electrons. The van der Waals surface area contributed by atoms with E-state index in [1.165, 1.54) is 30.6 Å². The third-order valence-corrected chi connectivity index (χ3v) is 7.69. The Labute approximate surface area is 167 Å².